The van der Waals surface area contributed by atoms with E-state index < -0.39 is 0 Å². The fourth-order valence-corrected chi connectivity index (χ4v) is 4.61. The van der Waals surface area contributed by atoms with Crippen LogP contribution in [0.1, 0.15) is 13.8 Å². The number of aromatic amines is 2. The first-order chi connectivity index (χ1) is 15.7. The normalized spacial score (nSPS) is 22.2. The van der Waals surface area contributed by atoms with E-state index in [2.05, 4.69) is 57.9 Å². The Kier molecular flexibility index (Phi) is 4.73. The SMILES string of the molecule is C[C@@H]1COCCN1c1nc(N2CCOC[C@@H]2C)nc2nc(-c3ccc4cc[nH]c4c3)[nH]c12. The molecule has 0 amide bonds. The number of aromatic nitrogens is 5. The lowest BCUT2D eigenvalue weighted by molar-refractivity contribution is 0.0973. The zero-order chi connectivity index (χ0) is 21.7. The number of benzene rings is 1. The van der Waals surface area contributed by atoms with E-state index in [0.29, 0.717) is 38.0 Å². The smallest absolute Gasteiger partial charge is 0.229 e. The van der Waals surface area contributed by atoms with Gasteiger partial charge < -0.3 is 29.2 Å². The van der Waals surface area contributed by atoms with Crippen molar-refractivity contribution in [2.45, 2.75) is 25.9 Å². The van der Waals surface area contributed by atoms with Crippen LogP contribution in [0.3, 0.4) is 0 Å². The van der Waals surface area contributed by atoms with Gasteiger partial charge in [0.25, 0.3) is 0 Å². The molecule has 2 aliphatic heterocycles. The van der Waals surface area contributed by atoms with Crippen LogP contribution < -0.4 is 9.80 Å². The molecule has 9 heteroatoms. The first kappa shape index (κ1) is 19.5. The molecule has 1 aromatic carbocycles. The molecule has 4 aromatic rings. The largest absolute Gasteiger partial charge is 0.377 e. The van der Waals surface area contributed by atoms with E-state index in [1.807, 2.05) is 6.20 Å². The molecule has 5 heterocycles. The third-order valence-corrected chi connectivity index (χ3v) is 6.41. The number of fused-ring (bicyclic) bond motifs is 2. The molecule has 3 aromatic heterocycles. The second-order valence-corrected chi connectivity index (χ2v) is 8.65. The summed E-state index contributed by atoms with van der Waals surface area (Å²) in [5, 5.41) is 1.18. The number of nitrogens with zero attached hydrogens (tertiary/aromatic N) is 5. The molecule has 2 atom stereocenters. The predicted octanol–water partition coefficient (Wildman–Crippen LogP) is 2.95. The lowest BCUT2D eigenvalue weighted by Crippen LogP contribution is -2.46. The number of rotatable bonds is 3. The fraction of sp³-hybridized carbons (Fsp3) is 0.435. The van der Waals surface area contributed by atoms with Crippen LogP contribution in [0.4, 0.5) is 11.8 Å². The maximum absolute atomic E-state index is 5.68. The number of hydrogen-bond acceptors (Lipinski definition) is 7. The first-order valence-electron chi connectivity index (χ1n) is 11.2. The van der Waals surface area contributed by atoms with Crippen LogP contribution in [0.2, 0.25) is 0 Å². The second kappa shape index (κ2) is 7.75. The van der Waals surface area contributed by atoms with E-state index in [4.69, 9.17) is 24.4 Å². The maximum Gasteiger partial charge on any atom is 0.229 e. The van der Waals surface area contributed by atoms with Gasteiger partial charge in [-0.05, 0) is 31.4 Å². The highest BCUT2D eigenvalue weighted by Gasteiger charge is 2.28. The predicted molar refractivity (Wildman–Crippen MR) is 124 cm³/mol. The average molecular weight is 434 g/mol. The molecule has 166 valence electrons. The number of nitrogens with one attached hydrogen (secondary N) is 2. The van der Waals surface area contributed by atoms with Crippen LogP contribution >= 0.6 is 0 Å². The van der Waals surface area contributed by atoms with Crippen LogP contribution in [0.25, 0.3) is 33.5 Å². The molecule has 0 bridgehead atoms. The van der Waals surface area contributed by atoms with Gasteiger partial charge in [0.05, 0.1) is 38.5 Å². The molecule has 2 aliphatic rings. The van der Waals surface area contributed by atoms with Gasteiger partial charge in [0.2, 0.25) is 5.95 Å². The third-order valence-electron chi connectivity index (χ3n) is 6.41. The highest BCUT2D eigenvalue weighted by atomic mass is 16.5. The van der Waals surface area contributed by atoms with Gasteiger partial charge in [0, 0.05) is 30.4 Å². The fourth-order valence-electron chi connectivity index (χ4n) is 4.61. The number of H-pyrrole nitrogens is 2. The standard InChI is InChI=1S/C23H27N7O2/c1-14-12-31-9-7-29(14)22-19-21(27-23(28-22)30-8-10-32-13-15(30)2)26-20(25-19)17-4-3-16-5-6-24-18(16)11-17/h3-6,11,14-15,24H,7-10,12-13H2,1-2H3,(H,25,26,27,28)/t14-,15+/m1/s1. The van der Waals surface area contributed by atoms with Crippen LogP contribution in [0.5, 0.6) is 0 Å². The number of hydrogen-bond donors (Lipinski definition) is 2. The molecule has 2 N–H and O–H groups in total. The van der Waals surface area contributed by atoms with Gasteiger partial charge in [0.15, 0.2) is 11.5 Å². The highest BCUT2D eigenvalue weighted by molar-refractivity contribution is 5.89. The summed E-state index contributed by atoms with van der Waals surface area (Å²) in [6, 6.07) is 8.80. The van der Waals surface area contributed by atoms with Gasteiger partial charge in [-0.25, -0.2) is 4.98 Å². The number of morpholine rings is 2. The Hall–Kier alpha value is -3.17. The van der Waals surface area contributed by atoms with E-state index in [1.54, 1.807) is 0 Å². The zero-order valence-corrected chi connectivity index (χ0v) is 18.3. The lowest BCUT2D eigenvalue weighted by atomic mass is 10.1. The topological polar surface area (TPSA) is 95.2 Å². The van der Waals surface area contributed by atoms with Crippen molar-refractivity contribution in [2.75, 3.05) is 49.3 Å². The minimum Gasteiger partial charge on any atom is -0.377 e. The Morgan fingerprint density at radius 1 is 0.938 bits per heavy atom. The van der Waals surface area contributed by atoms with Crippen LogP contribution in [0.15, 0.2) is 30.5 Å². The minimum absolute atomic E-state index is 0.213. The minimum atomic E-state index is 0.213. The molecule has 6 rings (SSSR count). The summed E-state index contributed by atoms with van der Waals surface area (Å²) in [5.74, 6) is 2.39. The van der Waals surface area contributed by atoms with Gasteiger partial charge in [-0.15, -0.1) is 0 Å². The Labute approximate surface area is 185 Å². The summed E-state index contributed by atoms with van der Waals surface area (Å²) in [5.41, 5.74) is 3.65. The summed E-state index contributed by atoms with van der Waals surface area (Å²) in [6.45, 7) is 8.58. The summed E-state index contributed by atoms with van der Waals surface area (Å²) >= 11 is 0. The molecule has 0 spiro atoms. The molecule has 2 saturated heterocycles. The molecule has 0 unspecified atom stereocenters. The summed E-state index contributed by atoms with van der Waals surface area (Å²) in [7, 11) is 0. The van der Waals surface area contributed by atoms with Crippen molar-refractivity contribution in [3.05, 3.63) is 30.5 Å². The Balaban J connectivity index is 1.50. The van der Waals surface area contributed by atoms with Crippen molar-refractivity contribution < 1.29 is 9.47 Å². The maximum atomic E-state index is 5.68. The highest BCUT2D eigenvalue weighted by Crippen LogP contribution is 2.31. The van der Waals surface area contributed by atoms with Gasteiger partial charge in [-0.3, -0.25) is 0 Å². The van der Waals surface area contributed by atoms with Crippen molar-refractivity contribution in [3.8, 4) is 11.4 Å². The van der Waals surface area contributed by atoms with Crippen LogP contribution in [-0.4, -0.2) is 76.5 Å². The molecule has 0 radical (unpaired) electrons. The molecule has 9 nitrogen and oxygen atoms in total. The zero-order valence-electron chi connectivity index (χ0n) is 18.3. The van der Waals surface area contributed by atoms with Crippen molar-refractivity contribution in [2.24, 2.45) is 0 Å². The van der Waals surface area contributed by atoms with Crippen molar-refractivity contribution >= 4 is 33.8 Å². The van der Waals surface area contributed by atoms with Gasteiger partial charge >= 0.3 is 0 Å². The van der Waals surface area contributed by atoms with Gasteiger partial charge in [-0.2, -0.15) is 9.97 Å². The monoisotopic (exact) mass is 433 g/mol. The average Bonchev–Trinajstić information content (AvgIpc) is 3.45. The number of imidazole rings is 1. The second-order valence-electron chi connectivity index (χ2n) is 8.65. The van der Waals surface area contributed by atoms with Crippen molar-refractivity contribution in [1.82, 2.24) is 24.9 Å². The molecule has 32 heavy (non-hydrogen) atoms. The molecule has 0 saturated carbocycles. The van der Waals surface area contributed by atoms with E-state index in [-0.39, 0.29) is 12.1 Å². The molecule has 0 aliphatic carbocycles. The first-order valence-corrected chi connectivity index (χ1v) is 11.2. The summed E-state index contributed by atoms with van der Waals surface area (Å²) < 4.78 is 11.3. The van der Waals surface area contributed by atoms with E-state index in [1.165, 1.54) is 5.39 Å². The summed E-state index contributed by atoms with van der Waals surface area (Å²) in [6.07, 6.45) is 1.95. The van der Waals surface area contributed by atoms with Gasteiger partial charge in [0.1, 0.15) is 11.3 Å². The Morgan fingerprint density at radius 2 is 1.72 bits per heavy atom. The van der Waals surface area contributed by atoms with E-state index in [9.17, 15) is 0 Å². The summed E-state index contributed by atoms with van der Waals surface area (Å²) in [4.78, 5) is 26.2. The number of ether oxygens (including phenoxy) is 2. The lowest BCUT2D eigenvalue weighted by Gasteiger charge is -2.36. The molecular formula is C23H27N7O2. The van der Waals surface area contributed by atoms with Crippen LogP contribution in [-0.2, 0) is 9.47 Å². The van der Waals surface area contributed by atoms with Gasteiger partial charge in [-0.1, -0.05) is 12.1 Å². The van der Waals surface area contributed by atoms with Crippen molar-refractivity contribution in [3.63, 3.8) is 0 Å². The quantitative estimate of drug-likeness (QED) is 0.513. The van der Waals surface area contributed by atoms with Crippen molar-refractivity contribution in [1.29, 1.82) is 0 Å². The van der Waals surface area contributed by atoms with Crippen LogP contribution in [0, 0.1) is 0 Å². The molecular weight excluding hydrogens is 406 g/mol. The third kappa shape index (κ3) is 3.28. The Bertz CT molecular complexity index is 1270. The number of anilines is 2. The van der Waals surface area contributed by atoms with E-state index >= 15 is 0 Å². The Morgan fingerprint density at radius 3 is 2.50 bits per heavy atom. The van der Waals surface area contributed by atoms with E-state index in [0.717, 1.165) is 41.3 Å². The molecule has 2 fully saturated rings.